The normalized spacial score (nSPS) is 15.4. The van der Waals surface area contributed by atoms with Crippen molar-refractivity contribution in [1.29, 1.82) is 0 Å². The standard InChI is InChI=1S/C22H31N3O/c1-18-17-23-19(2)25(18)16-13-21-11-14-24(15-12-21)22(26)10-6-9-20-7-4-3-5-8-20/h3-5,7-8,17,21H,6,9-16H2,1-2H3. The average molecular weight is 354 g/mol. The fourth-order valence-electron chi connectivity index (χ4n) is 3.95. The fraction of sp³-hybridized carbons (Fsp3) is 0.545. The van der Waals surface area contributed by atoms with Crippen molar-refractivity contribution < 1.29 is 4.79 Å². The molecule has 2 heterocycles. The lowest BCUT2D eigenvalue weighted by molar-refractivity contribution is -0.132. The Bertz CT molecular complexity index is 680. The van der Waals surface area contributed by atoms with Gasteiger partial charge in [-0.25, -0.2) is 4.98 Å². The lowest BCUT2D eigenvalue weighted by Gasteiger charge is -2.32. The van der Waals surface area contributed by atoms with Crippen molar-refractivity contribution in [3.8, 4) is 0 Å². The summed E-state index contributed by atoms with van der Waals surface area (Å²) in [5.41, 5.74) is 2.57. The van der Waals surface area contributed by atoms with Gasteiger partial charge in [-0.1, -0.05) is 30.3 Å². The van der Waals surface area contributed by atoms with Crippen molar-refractivity contribution >= 4 is 5.91 Å². The van der Waals surface area contributed by atoms with Crippen molar-refractivity contribution in [2.45, 2.75) is 58.9 Å². The molecule has 0 N–H and O–H groups in total. The maximum Gasteiger partial charge on any atom is 0.222 e. The number of nitrogens with zero attached hydrogens (tertiary/aromatic N) is 3. The lowest BCUT2D eigenvalue weighted by Crippen LogP contribution is -2.38. The van der Waals surface area contributed by atoms with E-state index < -0.39 is 0 Å². The van der Waals surface area contributed by atoms with Crippen LogP contribution < -0.4 is 0 Å². The number of likely N-dealkylation sites (tertiary alicyclic amines) is 1. The molecule has 0 aliphatic carbocycles. The molecule has 0 spiro atoms. The van der Waals surface area contributed by atoms with Gasteiger partial charge in [0, 0.05) is 37.9 Å². The predicted octanol–water partition coefficient (Wildman–Crippen LogP) is 4.15. The number of imidazole rings is 1. The van der Waals surface area contributed by atoms with Crippen LogP contribution in [0.1, 0.15) is 49.2 Å². The van der Waals surface area contributed by atoms with E-state index in [1.807, 2.05) is 12.3 Å². The summed E-state index contributed by atoms with van der Waals surface area (Å²) in [4.78, 5) is 18.9. The Morgan fingerprint density at radius 3 is 2.54 bits per heavy atom. The van der Waals surface area contributed by atoms with Gasteiger partial charge in [-0.3, -0.25) is 4.79 Å². The van der Waals surface area contributed by atoms with Gasteiger partial charge >= 0.3 is 0 Å². The summed E-state index contributed by atoms with van der Waals surface area (Å²) in [7, 11) is 0. The Kier molecular flexibility index (Phi) is 6.48. The van der Waals surface area contributed by atoms with Gasteiger partial charge in [0.1, 0.15) is 5.82 Å². The van der Waals surface area contributed by atoms with Crippen LogP contribution in [0.25, 0.3) is 0 Å². The summed E-state index contributed by atoms with van der Waals surface area (Å²) in [6.07, 6.45) is 8.02. The summed E-state index contributed by atoms with van der Waals surface area (Å²) < 4.78 is 2.31. The highest BCUT2D eigenvalue weighted by molar-refractivity contribution is 5.76. The van der Waals surface area contributed by atoms with Gasteiger partial charge in [0.05, 0.1) is 0 Å². The van der Waals surface area contributed by atoms with E-state index >= 15 is 0 Å². The van der Waals surface area contributed by atoms with Gasteiger partial charge in [0.15, 0.2) is 0 Å². The first-order chi connectivity index (χ1) is 12.6. The third-order valence-electron chi connectivity index (χ3n) is 5.68. The number of hydrogen-bond donors (Lipinski definition) is 0. The second-order valence-electron chi connectivity index (χ2n) is 7.55. The average Bonchev–Trinajstić information content (AvgIpc) is 2.99. The molecule has 0 bridgehead atoms. The largest absolute Gasteiger partial charge is 0.343 e. The molecule has 1 fully saturated rings. The molecule has 0 atom stereocenters. The number of rotatable bonds is 7. The third kappa shape index (κ3) is 4.96. The van der Waals surface area contributed by atoms with E-state index in [1.165, 1.54) is 17.7 Å². The van der Waals surface area contributed by atoms with E-state index in [1.54, 1.807) is 0 Å². The molecule has 140 valence electrons. The Morgan fingerprint density at radius 1 is 1.15 bits per heavy atom. The van der Waals surface area contributed by atoms with E-state index in [-0.39, 0.29) is 0 Å². The van der Waals surface area contributed by atoms with Crippen LogP contribution in [0.2, 0.25) is 0 Å². The smallest absolute Gasteiger partial charge is 0.222 e. The van der Waals surface area contributed by atoms with Crippen LogP contribution in [0, 0.1) is 19.8 Å². The highest BCUT2D eigenvalue weighted by Crippen LogP contribution is 2.22. The van der Waals surface area contributed by atoms with Gasteiger partial charge in [-0.15, -0.1) is 0 Å². The summed E-state index contributed by atoms with van der Waals surface area (Å²) in [6.45, 7) is 7.10. The highest BCUT2D eigenvalue weighted by Gasteiger charge is 2.22. The van der Waals surface area contributed by atoms with Crippen LogP contribution in [-0.4, -0.2) is 33.4 Å². The van der Waals surface area contributed by atoms with Crippen molar-refractivity contribution in [2.75, 3.05) is 13.1 Å². The summed E-state index contributed by atoms with van der Waals surface area (Å²) in [5.74, 6) is 2.17. The third-order valence-corrected chi connectivity index (χ3v) is 5.68. The molecule has 1 saturated heterocycles. The van der Waals surface area contributed by atoms with E-state index in [2.05, 4.69) is 52.6 Å². The minimum Gasteiger partial charge on any atom is -0.343 e. The van der Waals surface area contributed by atoms with Crippen LogP contribution in [-0.2, 0) is 17.8 Å². The number of carbonyl (C=O) groups excluding carboxylic acids is 1. The number of aryl methyl sites for hydroxylation is 3. The SMILES string of the molecule is Cc1cnc(C)n1CCC1CCN(C(=O)CCCc2ccccc2)CC1. The molecule has 0 unspecified atom stereocenters. The first kappa shape index (κ1) is 18.7. The van der Waals surface area contributed by atoms with E-state index in [0.29, 0.717) is 12.3 Å². The lowest BCUT2D eigenvalue weighted by atomic mass is 9.93. The fourth-order valence-corrected chi connectivity index (χ4v) is 3.95. The molecular formula is C22H31N3O. The van der Waals surface area contributed by atoms with Gasteiger partial charge < -0.3 is 9.47 Å². The van der Waals surface area contributed by atoms with Gasteiger partial charge in [-0.05, 0) is 57.4 Å². The van der Waals surface area contributed by atoms with Crippen LogP contribution in [0.3, 0.4) is 0 Å². The number of hydrogen-bond acceptors (Lipinski definition) is 2. The zero-order chi connectivity index (χ0) is 18.4. The van der Waals surface area contributed by atoms with Gasteiger partial charge in [-0.2, -0.15) is 0 Å². The Labute approximate surface area is 157 Å². The molecule has 4 heteroatoms. The van der Waals surface area contributed by atoms with Crippen molar-refractivity contribution in [3.05, 3.63) is 53.6 Å². The highest BCUT2D eigenvalue weighted by atomic mass is 16.2. The molecule has 3 rings (SSSR count). The maximum absolute atomic E-state index is 12.4. The number of piperidine rings is 1. The minimum atomic E-state index is 0.334. The molecule has 1 amide bonds. The second-order valence-corrected chi connectivity index (χ2v) is 7.55. The Morgan fingerprint density at radius 2 is 1.88 bits per heavy atom. The molecule has 1 aliphatic heterocycles. The molecule has 26 heavy (non-hydrogen) atoms. The Hall–Kier alpha value is -2.10. The molecule has 4 nitrogen and oxygen atoms in total. The molecule has 1 aliphatic rings. The zero-order valence-electron chi connectivity index (χ0n) is 16.2. The quantitative estimate of drug-likeness (QED) is 0.750. The second kappa shape index (κ2) is 9.02. The van der Waals surface area contributed by atoms with Gasteiger partial charge in [0.2, 0.25) is 5.91 Å². The Balaban J connectivity index is 1.36. The molecule has 0 radical (unpaired) electrons. The van der Waals surface area contributed by atoms with Crippen LogP contribution in [0.4, 0.5) is 0 Å². The topological polar surface area (TPSA) is 38.1 Å². The summed E-state index contributed by atoms with van der Waals surface area (Å²) in [6, 6.07) is 10.4. The molecule has 0 saturated carbocycles. The first-order valence-corrected chi connectivity index (χ1v) is 9.94. The van der Waals surface area contributed by atoms with E-state index in [0.717, 1.165) is 57.1 Å². The van der Waals surface area contributed by atoms with E-state index in [9.17, 15) is 4.79 Å². The molecule has 2 aromatic rings. The maximum atomic E-state index is 12.4. The number of aromatic nitrogens is 2. The monoisotopic (exact) mass is 353 g/mol. The molecular weight excluding hydrogens is 322 g/mol. The van der Waals surface area contributed by atoms with Crippen LogP contribution >= 0.6 is 0 Å². The predicted molar refractivity (Wildman–Crippen MR) is 105 cm³/mol. The minimum absolute atomic E-state index is 0.334. The zero-order valence-corrected chi connectivity index (χ0v) is 16.2. The number of amides is 1. The number of carbonyl (C=O) groups is 1. The van der Waals surface area contributed by atoms with Crippen LogP contribution in [0.15, 0.2) is 36.5 Å². The van der Waals surface area contributed by atoms with Crippen molar-refractivity contribution in [2.24, 2.45) is 5.92 Å². The van der Waals surface area contributed by atoms with Crippen LogP contribution in [0.5, 0.6) is 0 Å². The summed E-state index contributed by atoms with van der Waals surface area (Å²) in [5, 5.41) is 0. The summed E-state index contributed by atoms with van der Waals surface area (Å²) >= 11 is 0. The number of benzene rings is 1. The van der Waals surface area contributed by atoms with Crippen molar-refractivity contribution in [3.63, 3.8) is 0 Å². The van der Waals surface area contributed by atoms with E-state index in [4.69, 9.17) is 0 Å². The van der Waals surface area contributed by atoms with Crippen molar-refractivity contribution in [1.82, 2.24) is 14.5 Å². The first-order valence-electron chi connectivity index (χ1n) is 9.94. The molecule has 1 aromatic heterocycles. The molecule has 1 aromatic carbocycles. The van der Waals surface area contributed by atoms with Gasteiger partial charge in [0.25, 0.3) is 0 Å².